The average Bonchev–Trinajstić information content (AvgIpc) is 2.90. The van der Waals surface area contributed by atoms with Gasteiger partial charge in [-0.2, -0.15) is 0 Å². The van der Waals surface area contributed by atoms with E-state index in [4.69, 9.17) is 4.74 Å². The molecule has 25 heavy (non-hydrogen) atoms. The van der Waals surface area contributed by atoms with Crippen molar-refractivity contribution < 1.29 is 13.9 Å². The number of amides is 1. The number of aryl methyl sites for hydroxylation is 1. The molecule has 130 valence electrons. The zero-order valence-corrected chi connectivity index (χ0v) is 14.5. The van der Waals surface area contributed by atoms with Gasteiger partial charge in [0, 0.05) is 29.8 Å². The summed E-state index contributed by atoms with van der Waals surface area (Å²) in [6.07, 6.45) is 4.66. The molecular formula is C18H19FN4O2. The molecule has 0 aliphatic carbocycles. The molecule has 2 heterocycles. The first-order valence-electron chi connectivity index (χ1n) is 7.82. The number of carbonyl (C=O) groups is 1. The molecule has 0 radical (unpaired) electrons. The number of fused-ring (bicyclic) bond motifs is 1. The summed E-state index contributed by atoms with van der Waals surface area (Å²) in [5.74, 6) is 0.0420. The molecule has 1 amide bonds. The summed E-state index contributed by atoms with van der Waals surface area (Å²) in [6, 6.07) is 4.28. The Morgan fingerprint density at radius 2 is 2.04 bits per heavy atom. The number of nitrogens with zero attached hydrogens (tertiary/aromatic N) is 3. The molecule has 3 aromatic rings. The lowest BCUT2D eigenvalue weighted by Crippen LogP contribution is -2.27. The van der Waals surface area contributed by atoms with Crippen molar-refractivity contribution in [3.63, 3.8) is 0 Å². The zero-order valence-electron chi connectivity index (χ0n) is 14.5. The summed E-state index contributed by atoms with van der Waals surface area (Å²) in [7, 11) is 0. The highest BCUT2D eigenvalue weighted by atomic mass is 19.1. The predicted molar refractivity (Wildman–Crippen MR) is 93.0 cm³/mol. The largest absolute Gasteiger partial charge is 0.444 e. The van der Waals surface area contributed by atoms with Gasteiger partial charge < -0.3 is 4.74 Å². The Balaban J connectivity index is 1.92. The van der Waals surface area contributed by atoms with Crippen LogP contribution < -0.4 is 5.32 Å². The molecule has 1 N–H and O–H groups in total. The van der Waals surface area contributed by atoms with Crippen LogP contribution in [0.25, 0.3) is 17.0 Å². The van der Waals surface area contributed by atoms with Crippen molar-refractivity contribution in [2.45, 2.75) is 33.3 Å². The van der Waals surface area contributed by atoms with Crippen LogP contribution in [-0.2, 0) is 4.74 Å². The maximum absolute atomic E-state index is 14.3. The number of nitrogens with one attached hydrogen (secondary N) is 1. The average molecular weight is 342 g/mol. The van der Waals surface area contributed by atoms with E-state index in [0.717, 1.165) is 5.56 Å². The van der Waals surface area contributed by atoms with Crippen molar-refractivity contribution in [1.29, 1.82) is 0 Å². The van der Waals surface area contributed by atoms with Crippen molar-refractivity contribution in [3.8, 4) is 11.3 Å². The van der Waals surface area contributed by atoms with Gasteiger partial charge in [-0.1, -0.05) is 0 Å². The second kappa shape index (κ2) is 6.16. The van der Waals surface area contributed by atoms with E-state index in [-0.39, 0.29) is 5.56 Å². The minimum Gasteiger partial charge on any atom is -0.444 e. The molecule has 0 bridgehead atoms. The van der Waals surface area contributed by atoms with E-state index in [1.165, 1.54) is 18.2 Å². The molecule has 1 aromatic carbocycles. The van der Waals surface area contributed by atoms with Crippen LogP contribution in [0, 0.1) is 12.7 Å². The standard InChI is InChI=1S/C18H19FN4O2/c1-11-8-20-16-22-15(10-23(16)9-11)13-7-12(5-6-14(13)19)21-17(24)25-18(2,3)4/h5-10H,1-4H3,(H,21,24). The Hall–Kier alpha value is -2.96. The van der Waals surface area contributed by atoms with Gasteiger partial charge in [0.25, 0.3) is 0 Å². The number of benzene rings is 1. The summed E-state index contributed by atoms with van der Waals surface area (Å²) in [5.41, 5.74) is 1.49. The Labute approximate surface area is 144 Å². The van der Waals surface area contributed by atoms with Crippen LogP contribution >= 0.6 is 0 Å². The van der Waals surface area contributed by atoms with E-state index >= 15 is 0 Å². The molecule has 0 unspecified atom stereocenters. The molecule has 0 aliphatic heterocycles. The van der Waals surface area contributed by atoms with Gasteiger partial charge in [0.1, 0.15) is 11.4 Å². The Morgan fingerprint density at radius 1 is 1.28 bits per heavy atom. The van der Waals surface area contributed by atoms with Crippen molar-refractivity contribution in [2.75, 3.05) is 5.32 Å². The third kappa shape index (κ3) is 3.93. The van der Waals surface area contributed by atoms with E-state index in [0.29, 0.717) is 17.2 Å². The second-order valence-electron chi connectivity index (χ2n) is 6.79. The third-order valence-electron chi connectivity index (χ3n) is 3.33. The summed E-state index contributed by atoms with van der Waals surface area (Å²) < 4.78 is 21.2. The number of carbonyl (C=O) groups excluding carboxylic acids is 1. The number of anilines is 1. The number of rotatable bonds is 2. The molecule has 7 heteroatoms. The Morgan fingerprint density at radius 3 is 2.76 bits per heavy atom. The summed E-state index contributed by atoms with van der Waals surface area (Å²) >= 11 is 0. The van der Waals surface area contributed by atoms with Crippen molar-refractivity contribution in [1.82, 2.24) is 14.4 Å². The fourth-order valence-corrected chi connectivity index (χ4v) is 2.34. The molecule has 0 spiro atoms. The van der Waals surface area contributed by atoms with Gasteiger partial charge in [-0.3, -0.25) is 9.72 Å². The van der Waals surface area contributed by atoms with Gasteiger partial charge in [0.05, 0.1) is 5.69 Å². The van der Waals surface area contributed by atoms with E-state index in [1.54, 1.807) is 37.6 Å². The van der Waals surface area contributed by atoms with Crippen molar-refractivity contribution in [3.05, 3.63) is 48.2 Å². The lowest BCUT2D eigenvalue weighted by Gasteiger charge is -2.19. The first-order valence-corrected chi connectivity index (χ1v) is 7.82. The monoisotopic (exact) mass is 342 g/mol. The number of hydrogen-bond donors (Lipinski definition) is 1. The number of halogens is 1. The fraction of sp³-hybridized carbons (Fsp3) is 0.278. The van der Waals surface area contributed by atoms with Gasteiger partial charge in [-0.05, 0) is 51.5 Å². The maximum Gasteiger partial charge on any atom is 0.412 e. The zero-order chi connectivity index (χ0) is 18.2. The van der Waals surface area contributed by atoms with Gasteiger partial charge in [0.15, 0.2) is 0 Å². The predicted octanol–water partition coefficient (Wildman–Crippen LogP) is 4.19. The van der Waals surface area contributed by atoms with E-state index in [1.807, 2.05) is 13.1 Å². The number of ether oxygens (including phenoxy) is 1. The molecular weight excluding hydrogens is 323 g/mol. The third-order valence-corrected chi connectivity index (χ3v) is 3.33. The van der Waals surface area contributed by atoms with Crippen molar-refractivity contribution in [2.24, 2.45) is 0 Å². The fourth-order valence-electron chi connectivity index (χ4n) is 2.34. The number of imidazole rings is 1. The molecule has 3 rings (SSSR count). The minimum absolute atomic E-state index is 0.275. The summed E-state index contributed by atoms with van der Waals surface area (Å²) in [6.45, 7) is 7.23. The van der Waals surface area contributed by atoms with Crippen LogP contribution in [0.2, 0.25) is 0 Å². The maximum atomic E-state index is 14.3. The molecule has 0 saturated heterocycles. The minimum atomic E-state index is -0.613. The quantitative estimate of drug-likeness (QED) is 0.758. The molecule has 0 atom stereocenters. The van der Waals surface area contributed by atoms with Crippen LogP contribution in [0.15, 0.2) is 36.8 Å². The topological polar surface area (TPSA) is 68.5 Å². The molecule has 2 aromatic heterocycles. The lowest BCUT2D eigenvalue weighted by molar-refractivity contribution is 0.0636. The van der Waals surface area contributed by atoms with Crippen LogP contribution in [0.4, 0.5) is 14.9 Å². The number of aromatic nitrogens is 3. The van der Waals surface area contributed by atoms with E-state index < -0.39 is 17.5 Å². The summed E-state index contributed by atoms with van der Waals surface area (Å²) in [4.78, 5) is 20.4. The van der Waals surface area contributed by atoms with E-state index in [9.17, 15) is 9.18 Å². The van der Waals surface area contributed by atoms with Crippen LogP contribution in [0.5, 0.6) is 0 Å². The Bertz CT molecular complexity index is 944. The Kier molecular flexibility index (Phi) is 4.16. The highest BCUT2D eigenvalue weighted by Gasteiger charge is 2.17. The smallest absolute Gasteiger partial charge is 0.412 e. The highest BCUT2D eigenvalue weighted by Crippen LogP contribution is 2.26. The normalized spacial score (nSPS) is 11.6. The number of hydrogen-bond acceptors (Lipinski definition) is 4. The molecule has 6 nitrogen and oxygen atoms in total. The molecule has 0 aliphatic rings. The summed E-state index contributed by atoms with van der Waals surface area (Å²) in [5, 5.41) is 2.60. The van der Waals surface area contributed by atoms with E-state index in [2.05, 4.69) is 15.3 Å². The van der Waals surface area contributed by atoms with Gasteiger partial charge in [-0.15, -0.1) is 0 Å². The lowest BCUT2D eigenvalue weighted by atomic mass is 10.1. The first-order chi connectivity index (χ1) is 11.7. The van der Waals surface area contributed by atoms with Crippen LogP contribution in [-0.4, -0.2) is 26.1 Å². The van der Waals surface area contributed by atoms with Gasteiger partial charge in [0.2, 0.25) is 5.78 Å². The highest BCUT2D eigenvalue weighted by molar-refractivity contribution is 5.86. The van der Waals surface area contributed by atoms with Gasteiger partial charge in [-0.25, -0.2) is 19.2 Å². The molecule has 0 saturated carbocycles. The van der Waals surface area contributed by atoms with Gasteiger partial charge >= 0.3 is 6.09 Å². The molecule has 0 fully saturated rings. The first kappa shape index (κ1) is 16.9. The second-order valence-corrected chi connectivity index (χ2v) is 6.79. The SMILES string of the molecule is Cc1cnc2nc(-c3cc(NC(=O)OC(C)(C)C)ccc3F)cn2c1. The van der Waals surface area contributed by atoms with Crippen LogP contribution in [0.3, 0.4) is 0 Å². The van der Waals surface area contributed by atoms with Crippen LogP contribution in [0.1, 0.15) is 26.3 Å². The van der Waals surface area contributed by atoms with Crippen molar-refractivity contribution >= 4 is 17.6 Å².